The number of hydrogen-bond acceptors (Lipinski definition) is 4. The van der Waals surface area contributed by atoms with Gasteiger partial charge in [0.2, 0.25) is 5.91 Å². The number of amidine groups is 1. The number of aromatic nitrogens is 1. The molecule has 2 aromatic rings. The van der Waals surface area contributed by atoms with Gasteiger partial charge in [-0.2, -0.15) is 0 Å². The van der Waals surface area contributed by atoms with E-state index >= 15 is 0 Å². The van der Waals surface area contributed by atoms with E-state index in [4.69, 9.17) is 0 Å². The zero-order valence-corrected chi connectivity index (χ0v) is 13.9. The van der Waals surface area contributed by atoms with E-state index in [0.29, 0.717) is 5.17 Å². The van der Waals surface area contributed by atoms with Gasteiger partial charge < -0.3 is 5.32 Å². The summed E-state index contributed by atoms with van der Waals surface area (Å²) in [4.78, 5) is 20.7. The summed E-state index contributed by atoms with van der Waals surface area (Å²) in [5.74, 6) is -1.48. The van der Waals surface area contributed by atoms with E-state index in [1.165, 1.54) is 23.9 Å². The highest BCUT2D eigenvalue weighted by molar-refractivity contribution is 8.15. The molecular weight excluding hydrogens is 332 g/mol. The number of nitrogens with one attached hydrogen (secondary N) is 1. The Morgan fingerprint density at radius 1 is 1.25 bits per heavy atom. The quantitative estimate of drug-likeness (QED) is 0.924. The molecule has 1 N–H and O–H groups in total. The third-order valence-electron chi connectivity index (χ3n) is 3.91. The van der Waals surface area contributed by atoms with Crippen LogP contribution >= 0.6 is 11.8 Å². The molecule has 0 unspecified atom stereocenters. The lowest BCUT2D eigenvalue weighted by Crippen LogP contribution is -2.31. The standard InChI is InChI=1S/C17H15F2N3OS/c1-10(13-4-3-12(18)9-14(13)19)21-16-22-15(23)17(2,24-16)11-5-7-20-8-6-11/h3-10H,1-2H3,(H,21,22,23)/t10-,17+/m0/s1. The molecule has 2 heterocycles. The highest BCUT2D eigenvalue weighted by atomic mass is 32.2. The molecule has 0 radical (unpaired) electrons. The number of carbonyl (C=O) groups excluding carboxylic acids is 1. The van der Waals surface area contributed by atoms with Crippen LogP contribution in [0.15, 0.2) is 47.7 Å². The second-order valence-corrected chi connectivity index (χ2v) is 7.01. The van der Waals surface area contributed by atoms with E-state index in [-0.39, 0.29) is 11.5 Å². The highest BCUT2D eigenvalue weighted by Gasteiger charge is 2.44. The average Bonchev–Trinajstić information content (AvgIpc) is 2.83. The zero-order valence-electron chi connectivity index (χ0n) is 13.1. The molecule has 0 saturated carbocycles. The molecule has 0 bridgehead atoms. The molecule has 124 valence electrons. The van der Waals surface area contributed by atoms with E-state index in [1.54, 1.807) is 38.4 Å². The van der Waals surface area contributed by atoms with E-state index < -0.39 is 22.4 Å². The number of halogens is 2. The number of pyridine rings is 1. The summed E-state index contributed by atoms with van der Waals surface area (Å²) < 4.78 is 26.1. The van der Waals surface area contributed by atoms with Crippen molar-refractivity contribution in [3.8, 4) is 0 Å². The van der Waals surface area contributed by atoms with Crippen molar-refractivity contribution in [1.82, 2.24) is 10.3 Å². The Bertz CT molecular complexity index is 813. The Labute approximate surface area is 142 Å². The second-order valence-electron chi connectivity index (χ2n) is 5.60. The third kappa shape index (κ3) is 3.03. The molecule has 1 aliphatic rings. The fraction of sp³-hybridized carbons (Fsp3) is 0.235. The zero-order chi connectivity index (χ0) is 17.3. The summed E-state index contributed by atoms with van der Waals surface area (Å²) in [6.07, 6.45) is 3.25. The summed E-state index contributed by atoms with van der Waals surface area (Å²) >= 11 is 1.27. The van der Waals surface area contributed by atoms with Crippen LogP contribution in [0.25, 0.3) is 0 Å². The summed E-state index contributed by atoms with van der Waals surface area (Å²) in [6, 6.07) is 6.39. The van der Waals surface area contributed by atoms with Crippen LogP contribution in [0.1, 0.15) is 31.0 Å². The predicted molar refractivity (Wildman–Crippen MR) is 89.5 cm³/mol. The van der Waals surface area contributed by atoms with Crippen molar-refractivity contribution in [2.75, 3.05) is 0 Å². The molecule has 1 saturated heterocycles. The van der Waals surface area contributed by atoms with Gasteiger partial charge >= 0.3 is 0 Å². The molecule has 0 spiro atoms. The largest absolute Gasteiger partial charge is 0.304 e. The Morgan fingerprint density at radius 3 is 2.62 bits per heavy atom. The van der Waals surface area contributed by atoms with Crippen molar-refractivity contribution >= 4 is 22.8 Å². The monoisotopic (exact) mass is 347 g/mol. The van der Waals surface area contributed by atoms with Crippen LogP contribution in [0, 0.1) is 11.6 Å². The van der Waals surface area contributed by atoms with Gasteiger partial charge in [-0.1, -0.05) is 17.8 Å². The fourth-order valence-electron chi connectivity index (χ4n) is 2.49. The number of rotatable bonds is 3. The molecule has 1 amide bonds. The normalized spacial score (nSPS) is 23.3. The predicted octanol–water partition coefficient (Wildman–Crippen LogP) is 3.56. The van der Waals surface area contributed by atoms with Crippen molar-refractivity contribution in [3.05, 3.63) is 65.5 Å². The van der Waals surface area contributed by atoms with Crippen LogP contribution in [-0.4, -0.2) is 16.1 Å². The molecule has 1 fully saturated rings. The smallest absolute Gasteiger partial charge is 0.246 e. The number of thioether (sulfide) groups is 1. The van der Waals surface area contributed by atoms with Gasteiger partial charge in [-0.05, 0) is 37.6 Å². The van der Waals surface area contributed by atoms with Gasteiger partial charge in [0.1, 0.15) is 16.4 Å². The van der Waals surface area contributed by atoms with Crippen LogP contribution in [0.3, 0.4) is 0 Å². The van der Waals surface area contributed by atoms with E-state index in [9.17, 15) is 13.6 Å². The first-order valence-corrected chi connectivity index (χ1v) is 8.15. The van der Waals surface area contributed by atoms with Crippen molar-refractivity contribution in [3.63, 3.8) is 0 Å². The van der Waals surface area contributed by atoms with E-state index in [2.05, 4.69) is 15.3 Å². The first-order valence-electron chi connectivity index (χ1n) is 7.34. The third-order valence-corrected chi connectivity index (χ3v) is 5.14. The van der Waals surface area contributed by atoms with Gasteiger partial charge in [0.25, 0.3) is 0 Å². The van der Waals surface area contributed by atoms with E-state index in [1.807, 2.05) is 0 Å². The number of benzene rings is 1. The van der Waals surface area contributed by atoms with Gasteiger partial charge in [0, 0.05) is 24.0 Å². The summed E-state index contributed by atoms with van der Waals surface area (Å²) in [6.45, 7) is 3.49. The molecule has 1 aromatic carbocycles. The minimum absolute atomic E-state index is 0.191. The van der Waals surface area contributed by atoms with Crippen LogP contribution in [-0.2, 0) is 9.54 Å². The number of hydrogen-bond donors (Lipinski definition) is 1. The van der Waals surface area contributed by atoms with Crippen LogP contribution < -0.4 is 5.32 Å². The second kappa shape index (κ2) is 6.32. The number of carbonyl (C=O) groups is 1. The van der Waals surface area contributed by atoms with Gasteiger partial charge in [0.15, 0.2) is 5.17 Å². The number of aliphatic imine (C=N–C) groups is 1. The average molecular weight is 347 g/mol. The van der Waals surface area contributed by atoms with Gasteiger partial charge in [-0.25, -0.2) is 8.78 Å². The Morgan fingerprint density at radius 2 is 1.96 bits per heavy atom. The van der Waals surface area contributed by atoms with Crippen LogP contribution in [0.5, 0.6) is 0 Å². The molecule has 0 aliphatic carbocycles. The topological polar surface area (TPSA) is 54.4 Å². The molecule has 2 atom stereocenters. The molecule has 4 nitrogen and oxygen atoms in total. The van der Waals surface area contributed by atoms with Crippen molar-refractivity contribution in [2.45, 2.75) is 24.6 Å². The first kappa shape index (κ1) is 16.6. The number of amides is 1. The minimum atomic E-state index is -0.817. The molecule has 1 aliphatic heterocycles. The van der Waals surface area contributed by atoms with Crippen LogP contribution in [0.4, 0.5) is 8.78 Å². The Balaban J connectivity index is 1.86. The molecule has 7 heteroatoms. The van der Waals surface area contributed by atoms with Crippen LogP contribution in [0.2, 0.25) is 0 Å². The maximum absolute atomic E-state index is 13.9. The Kier molecular flexibility index (Phi) is 4.36. The Hall–Kier alpha value is -2.28. The highest BCUT2D eigenvalue weighted by Crippen LogP contribution is 2.41. The van der Waals surface area contributed by atoms with Gasteiger partial charge in [-0.15, -0.1) is 0 Å². The molecular formula is C17H15F2N3OS. The van der Waals surface area contributed by atoms with Crippen molar-refractivity contribution in [2.24, 2.45) is 4.99 Å². The molecule has 1 aromatic heterocycles. The maximum Gasteiger partial charge on any atom is 0.246 e. The van der Waals surface area contributed by atoms with E-state index in [0.717, 1.165) is 11.6 Å². The lowest BCUT2D eigenvalue weighted by molar-refractivity contribution is -0.121. The summed E-state index contributed by atoms with van der Waals surface area (Å²) in [5, 5.41) is 3.14. The lowest BCUT2D eigenvalue weighted by atomic mass is 10.0. The van der Waals surface area contributed by atoms with Gasteiger partial charge in [0.05, 0.1) is 6.04 Å². The van der Waals surface area contributed by atoms with Crippen molar-refractivity contribution in [1.29, 1.82) is 0 Å². The summed E-state index contributed by atoms with van der Waals surface area (Å²) in [5.41, 5.74) is 1.09. The van der Waals surface area contributed by atoms with Crippen molar-refractivity contribution < 1.29 is 13.6 Å². The summed E-state index contributed by atoms with van der Waals surface area (Å²) in [7, 11) is 0. The molecule has 24 heavy (non-hydrogen) atoms. The minimum Gasteiger partial charge on any atom is -0.304 e. The van der Waals surface area contributed by atoms with Gasteiger partial charge in [-0.3, -0.25) is 14.8 Å². The number of nitrogens with zero attached hydrogens (tertiary/aromatic N) is 2. The SMILES string of the molecule is C[C@H](N=C1NC(=O)[C@@](C)(c2ccncc2)S1)c1ccc(F)cc1F. The maximum atomic E-state index is 13.9. The lowest BCUT2D eigenvalue weighted by Gasteiger charge is -2.18. The molecule has 3 rings (SSSR count). The first-order chi connectivity index (χ1) is 11.4. The fourth-order valence-corrected chi connectivity index (χ4v) is 3.62.